The number of rotatable bonds is 1. The van der Waals surface area contributed by atoms with Gasteiger partial charge in [-0.2, -0.15) is 0 Å². The van der Waals surface area contributed by atoms with Gasteiger partial charge in [-0.3, -0.25) is 4.79 Å². The fraction of sp³-hybridized carbons (Fsp3) is 0.588. The Morgan fingerprint density at radius 1 is 1.20 bits per heavy atom. The second-order valence-corrected chi connectivity index (χ2v) is 6.65. The quantitative estimate of drug-likeness (QED) is 0.736. The summed E-state index contributed by atoms with van der Waals surface area (Å²) in [5, 5.41) is 0. The molecule has 0 bridgehead atoms. The molecule has 3 aliphatic rings. The molecule has 1 spiro atoms. The van der Waals surface area contributed by atoms with E-state index in [0.717, 1.165) is 31.5 Å². The van der Waals surface area contributed by atoms with Gasteiger partial charge in [0.1, 0.15) is 0 Å². The van der Waals surface area contributed by atoms with Crippen molar-refractivity contribution in [1.29, 1.82) is 0 Å². The monoisotopic (exact) mass is 271 g/mol. The molecule has 3 heteroatoms. The predicted octanol–water partition coefficient (Wildman–Crippen LogP) is 2.86. The summed E-state index contributed by atoms with van der Waals surface area (Å²) in [6.45, 7) is 1.83. The lowest BCUT2D eigenvalue weighted by Crippen LogP contribution is -2.47. The molecule has 20 heavy (non-hydrogen) atoms. The first-order chi connectivity index (χ1) is 9.76. The van der Waals surface area contributed by atoms with Crippen molar-refractivity contribution in [3.63, 3.8) is 0 Å². The van der Waals surface area contributed by atoms with Gasteiger partial charge >= 0.3 is 0 Å². The van der Waals surface area contributed by atoms with Crippen LogP contribution >= 0.6 is 0 Å². The predicted molar refractivity (Wildman–Crippen MR) is 76.5 cm³/mol. The molecule has 1 aromatic rings. The minimum Gasteiger partial charge on any atom is -0.370 e. The van der Waals surface area contributed by atoms with E-state index in [4.69, 9.17) is 4.74 Å². The zero-order valence-electron chi connectivity index (χ0n) is 11.8. The lowest BCUT2D eigenvalue weighted by molar-refractivity contribution is 0.0412. The van der Waals surface area contributed by atoms with Gasteiger partial charge in [-0.1, -0.05) is 18.2 Å². The van der Waals surface area contributed by atoms with Gasteiger partial charge in [0.05, 0.1) is 12.2 Å². The number of nitrogens with zero attached hydrogens (tertiary/aromatic N) is 1. The van der Waals surface area contributed by atoms with Crippen LogP contribution in [0.1, 0.15) is 42.5 Å². The highest BCUT2D eigenvalue weighted by Crippen LogP contribution is 2.50. The third-order valence-electron chi connectivity index (χ3n) is 5.25. The number of ether oxygens (including phenoxy) is 1. The summed E-state index contributed by atoms with van der Waals surface area (Å²) >= 11 is 0. The molecule has 1 amide bonds. The zero-order chi connectivity index (χ0) is 13.6. The standard InChI is InChI=1S/C17H21NO2/c19-16(13-5-2-1-3-6-13)18-10-4-8-17(12-18)9-7-14-15(11-17)20-14/h1-3,5-6,14-15H,4,7-12H2/t14-,15+,17-/m0/s1. The molecule has 0 N–H and O–H groups in total. The third-order valence-corrected chi connectivity index (χ3v) is 5.25. The third kappa shape index (κ3) is 2.14. The molecule has 2 aliphatic heterocycles. The molecular weight excluding hydrogens is 250 g/mol. The number of epoxide rings is 1. The Morgan fingerprint density at radius 3 is 2.85 bits per heavy atom. The van der Waals surface area contributed by atoms with Crippen LogP contribution in [-0.2, 0) is 4.74 Å². The van der Waals surface area contributed by atoms with Crippen molar-refractivity contribution in [3.05, 3.63) is 35.9 Å². The first kappa shape index (κ1) is 12.4. The maximum Gasteiger partial charge on any atom is 0.253 e. The highest BCUT2D eigenvalue weighted by molar-refractivity contribution is 5.94. The summed E-state index contributed by atoms with van der Waals surface area (Å²) in [6, 6.07) is 9.68. The number of fused-ring (bicyclic) bond motifs is 1. The van der Waals surface area contributed by atoms with Gasteiger partial charge < -0.3 is 9.64 Å². The van der Waals surface area contributed by atoms with Gasteiger partial charge in [0.25, 0.3) is 5.91 Å². The van der Waals surface area contributed by atoms with E-state index in [2.05, 4.69) is 4.90 Å². The molecule has 3 fully saturated rings. The van der Waals surface area contributed by atoms with Crippen molar-refractivity contribution in [2.45, 2.75) is 44.3 Å². The van der Waals surface area contributed by atoms with Crippen molar-refractivity contribution in [2.75, 3.05) is 13.1 Å². The Kier molecular flexibility index (Phi) is 2.84. The van der Waals surface area contributed by atoms with Gasteiger partial charge in [0, 0.05) is 18.7 Å². The molecule has 1 aromatic carbocycles. The topological polar surface area (TPSA) is 32.8 Å². The fourth-order valence-electron chi connectivity index (χ4n) is 4.11. The molecule has 2 saturated heterocycles. The minimum atomic E-state index is 0.198. The van der Waals surface area contributed by atoms with Gasteiger partial charge in [-0.05, 0) is 49.7 Å². The SMILES string of the molecule is O=C(c1ccccc1)N1CCC[C@@]2(CC[C@@H]3O[C@@H]3C2)C1. The zero-order valence-corrected chi connectivity index (χ0v) is 11.8. The summed E-state index contributed by atoms with van der Waals surface area (Å²) < 4.78 is 5.68. The van der Waals surface area contributed by atoms with Crippen LogP contribution in [0.2, 0.25) is 0 Å². The number of carbonyl (C=O) groups excluding carboxylic acids is 1. The Bertz CT molecular complexity index is 515. The van der Waals surface area contributed by atoms with Crippen LogP contribution in [0, 0.1) is 5.41 Å². The minimum absolute atomic E-state index is 0.198. The molecule has 106 valence electrons. The van der Waals surface area contributed by atoms with Crippen molar-refractivity contribution in [2.24, 2.45) is 5.41 Å². The highest BCUT2D eigenvalue weighted by atomic mass is 16.6. The van der Waals surface area contributed by atoms with Gasteiger partial charge in [0.15, 0.2) is 0 Å². The van der Waals surface area contributed by atoms with E-state index in [1.807, 2.05) is 30.3 Å². The van der Waals surface area contributed by atoms with Crippen molar-refractivity contribution in [1.82, 2.24) is 4.90 Å². The van der Waals surface area contributed by atoms with Crippen molar-refractivity contribution < 1.29 is 9.53 Å². The summed E-state index contributed by atoms with van der Waals surface area (Å²) in [4.78, 5) is 14.7. The van der Waals surface area contributed by atoms with E-state index in [-0.39, 0.29) is 5.91 Å². The number of benzene rings is 1. The highest BCUT2D eigenvalue weighted by Gasteiger charge is 2.51. The van der Waals surface area contributed by atoms with E-state index in [1.54, 1.807) is 0 Å². The second-order valence-electron chi connectivity index (χ2n) is 6.65. The van der Waals surface area contributed by atoms with Crippen LogP contribution in [0.4, 0.5) is 0 Å². The molecule has 0 radical (unpaired) electrons. The number of hydrogen-bond acceptors (Lipinski definition) is 2. The van der Waals surface area contributed by atoms with Gasteiger partial charge in [-0.15, -0.1) is 0 Å². The van der Waals surface area contributed by atoms with Crippen LogP contribution in [0.3, 0.4) is 0 Å². The Balaban J connectivity index is 1.50. The molecule has 3 atom stereocenters. The van der Waals surface area contributed by atoms with Crippen LogP contribution in [-0.4, -0.2) is 36.1 Å². The van der Waals surface area contributed by atoms with Crippen molar-refractivity contribution >= 4 is 5.91 Å². The largest absolute Gasteiger partial charge is 0.370 e. The Labute approximate surface area is 119 Å². The number of likely N-dealkylation sites (tertiary alicyclic amines) is 1. The van der Waals surface area contributed by atoms with Crippen LogP contribution in [0.5, 0.6) is 0 Å². The van der Waals surface area contributed by atoms with Crippen LogP contribution in [0.25, 0.3) is 0 Å². The molecule has 4 rings (SSSR count). The first-order valence-electron chi connectivity index (χ1n) is 7.76. The average molecular weight is 271 g/mol. The van der Waals surface area contributed by atoms with E-state index in [9.17, 15) is 4.79 Å². The number of piperidine rings is 1. The summed E-state index contributed by atoms with van der Waals surface area (Å²) in [5.74, 6) is 0.198. The number of amides is 1. The van der Waals surface area contributed by atoms with Crippen LogP contribution < -0.4 is 0 Å². The number of hydrogen-bond donors (Lipinski definition) is 0. The molecule has 1 aliphatic carbocycles. The smallest absolute Gasteiger partial charge is 0.253 e. The second kappa shape index (κ2) is 4.59. The van der Waals surface area contributed by atoms with E-state index in [1.165, 1.54) is 19.3 Å². The summed E-state index contributed by atoms with van der Waals surface area (Å²) in [5.41, 5.74) is 1.15. The van der Waals surface area contributed by atoms with E-state index >= 15 is 0 Å². The molecule has 0 aromatic heterocycles. The fourth-order valence-corrected chi connectivity index (χ4v) is 4.11. The number of carbonyl (C=O) groups is 1. The van der Waals surface area contributed by atoms with Crippen LogP contribution in [0.15, 0.2) is 30.3 Å². The van der Waals surface area contributed by atoms with Gasteiger partial charge in [0.2, 0.25) is 0 Å². The lowest BCUT2D eigenvalue weighted by Gasteiger charge is -2.44. The van der Waals surface area contributed by atoms with Gasteiger partial charge in [-0.25, -0.2) is 0 Å². The summed E-state index contributed by atoms with van der Waals surface area (Å²) in [6.07, 6.45) is 7.02. The molecule has 1 saturated carbocycles. The van der Waals surface area contributed by atoms with E-state index in [0.29, 0.717) is 17.6 Å². The molecule has 3 nitrogen and oxygen atoms in total. The maximum atomic E-state index is 12.6. The Morgan fingerprint density at radius 2 is 2.05 bits per heavy atom. The normalized spacial score (nSPS) is 35.7. The maximum absolute atomic E-state index is 12.6. The average Bonchev–Trinajstić information content (AvgIpc) is 3.25. The molecule has 2 heterocycles. The first-order valence-corrected chi connectivity index (χ1v) is 7.76. The Hall–Kier alpha value is -1.35. The lowest BCUT2D eigenvalue weighted by atomic mass is 9.69. The van der Waals surface area contributed by atoms with E-state index < -0.39 is 0 Å². The molecule has 0 unspecified atom stereocenters. The summed E-state index contributed by atoms with van der Waals surface area (Å²) in [7, 11) is 0. The molecular formula is C17H21NO2. The van der Waals surface area contributed by atoms with Crippen molar-refractivity contribution in [3.8, 4) is 0 Å².